The number of fused-ring (bicyclic) bond motifs is 1. The second-order valence-electron chi connectivity index (χ2n) is 6.28. The van der Waals surface area contributed by atoms with Crippen molar-refractivity contribution in [2.75, 3.05) is 0 Å². The molecule has 1 aromatic heterocycles. The van der Waals surface area contributed by atoms with Crippen LogP contribution in [0.5, 0.6) is 0 Å². The lowest BCUT2D eigenvalue weighted by Crippen LogP contribution is -2.04. The smallest absolute Gasteiger partial charge is 0.339 e. The Morgan fingerprint density at radius 2 is 1.93 bits per heavy atom. The highest BCUT2D eigenvalue weighted by atomic mass is 32.2. The number of aliphatic carboxylic acids is 1. The van der Waals surface area contributed by atoms with E-state index in [4.69, 9.17) is 4.74 Å². The highest BCUT2D eigenvalue weighted by Gasteiger charge is 2.16. The molecule has 7 heteroatoms. The van der Waals surface area contributed by atoms with Crippen LogP contribution in [0.25, 0.3) is 15.8 Å². The summed E-state index contributed by atoms with van der Waals surface area (Å²) in [5, 5.41) is 9.52. The van der Waals surface area contributed by atoms with Crippen molar-refractivity contribution in [1.82, 2.24) is 4.98 Å². The van der Waals surface area contributed by atoms with Gasteiger partial charge in [-0.05, 0) is 48.2 Å². The zero-order chi connectivity index (χ0) is 20.3. The minimum absolute atomic E-state index is 0.0538. The van der Waals surface area contributed by atoms with E-state index >= 15 is 0 Å². The highest BCUT2D eigenvalue weighted by Crippen LogP contribution is 2.34. The monoisotopic (exact) mass is 413 g/mol. The molecule has 0 spiro atoms. The van der Waals surface area contributed by atoms with Gasteiger partial charge in [0.2, 0.25) is 0 Å². The van der Waals surface area contributed by atoms with Gasteiger partial charge in [-0.25, -0.2) is 9.78 Å². The topological polar surface area (TPSA) is 76.5 Å². The quantitative estimate of drug-likeness (QED) is 0.259. The molecule has 0 bridgehead atoms. The fraction of sp³-hybridized carbons (Fsp3) is 0.190. The number of hydrogen-bond donors (Lipinski definition) is 1. The molecule has 5 nitrogen and oxygen atoms in total. The number of carboxylic acids is 1. The van der Waals surface area contributed by atoms with E-state index in [9.17, 15) is 14.7 Å². The molecule has 2 aromatic carbocycles. The molecule has 0 aliphatic rings. The molecule has 0 atom stereocenters. The predicted octanol–water partition coefficient (Wildman–Crippen LogP) is 5.19. The number of rotatable bonds is 6. The van der Waals surface area contributed by atoms with Crippen LogP contribution < -0.4 is 0 Å². The SMILES string of the molecule is CC(=O)O/C=C(/C(=O)O)c1ccccc1CSc1nc2cc(C)c(C)cc2s1. The van der Waals surface area contributed by atoms with Crippen LogP contribution >= 0.6 is 23.1 Å². The van der Waals surface area contributed by atoms with Gasteiger partial charge in [-0.15, -0.1) is 11.3 Å². The summed E-state index contributed by atoms with van der Waals surface area (Å²) in [6.45, 7) is 5.38. The average Bonchev–Trinajstić information content (AvgIpc) is 3.02. The Morgan fingerprint density at radius 1 is 1.21 bits per heavy atom. The molecule has 3 rings (SSSR count). The van der Waals surface area contributed by atoms with E-state index in [1.807, 2.05) is 12.1 Å². The number of thioether (sulfide) groups is 1. The van der Waals surface area contributed by atoms with Crippen molar-refractivity contribution in [2.24, 2.45) is 0 Å². The van der Waals surface area contributed by atoms with Gasteiger partial charge < -0.3 is 9.84 Å². The fourth-order valence-electron chi connectivity index (χ4n) is 2.64. The number of carbonyl (C=O) groups is 2. The molecule has 0 unspecified atom stereocenters. The number of aryl methyl sites for hydroxylation is 2. The Bertz CT molecular complexity index is 1050. The first kappa shape index (κ1) is 20.1. The summed E-state index contributed by atoms with van der Waals surface area (Å²) in [4.78, 5) is 27.4. The Hall–Kier alpha value is -2.64. The van der Waals surface area contributed by atoms with E-state index in [1.54, 1.807) is 35.2 Å². The van der Waals surface area contributed by atoms with Crippen molar-refractivity contribution < 1.29 is 19.4 Å². The number of ether oxygens (including phenoxy) is 1. The summed E-state index contributed by atoms with van der Waals surface area (Å²) in [6, 6.07) is 11.4. The van der Waals surface area contributed by atoms with Crippen LogP contribution in [0.1, 0.15) is 29.2 Å². The van der Waals surface area contributed by atoms with E-state index in [0.29, 0.717) is 11.3 Å². The number of carbonyl (C=O) groups excluding carboxylic acids is 1. The third-order valence-corrected chi connectivity index (χ3v) is 6.43. The third kappa shape index (κ3) is 4.61. The first-order chi connectivity index (χ1) is 13.3. The molecule has 1 heterocycles. The molecule has 3 aromatic rings. The molecule has 0 saturated heterocycles. The van der Waals surface area contributed by atoms with Crippen molar-refractivity contribution in [3.63, 3.8) is 0 Å². The van der Waals surface area contributed by atoms with Gasteiger partial charge in [0, 0.05) is 12.7 Å². The lowest BCUT2D eigenvalue weighted by molar-refractivity contribution is -0.135. The highest BCUT2D eigenvalue weighted by molar-refractivity contribution is 8.00. The van der Waals surface area contributed by atoms with Crippen LogP contribution in [0.2, 0.25) is 0 Å². The lowest BCUT2D eigenvalue weighted by atomic mass is 10.0. The Balaban J connectivity index is 1.86. The van der Waals surface area contributed by atoms with Crippen LogP contribution in [-0.2, 0) is 20.1 Å². The van der Waals surface area contributed by atoms with Gasteiger partial charge in [0.25, 0.3) is 0 Å². The van der Waals surface area contributed by atoms with Crippen LogP contribution in [0.3, 0.4) is 0 Å². The number of hydrogen-bond acceptors (Lipinski definition) is 6. The standard InChI is InChI=1S/C21H19NO4S2/c1-12-8-18-19(9-13(12)2)28-21(22-18)27-11-15-6-4-5-7-16(15)17(20(24)25)10-26-14(3)23/h4-10H,11H2,1-3H3,(H,24,25)/b17-10+. The zero-order valence-electron chi connectivity index (χ0n) is 15.7. The molecule has 28 heavy (non-hydrogen) atoms. The maximum atomic E-state index is 11.6. The number of nitrogens with zero attached hydrogens (tertiary/aromatic N) is 1. The Morgan fingerprint density at radius 3 is 2.64 bits per heavy atom. The van der Waals surface area contributed by atoms with Gasteiger partial charge in [-0.2, -0.15) is 0 Å². The van der Waals surface area contributed by atoms with Crippen LogP contribution in [0.15, 0.2) is 47.0 Å². The van der Waals surface area contributed by atoms with E-state index in [-0.39, 0.29) is 5.57 Å². The first-order valence-corrected chi connectivity index (χ1v) is 10.3. The summed E-state index contributed by atoms with van der Waals surface area (Å²) < 4.78 is 6.87. The summed E-state index contributed by atoms with van der Waals surface area (Å²) in [5.41, 5.74) is 4.73. The fourth-order valence-corrected chi connectivity index (χ4v) is 4.79. The van der Waals surface area contributed by atoms with Gasteiger partial charge in [-0.1, -0.05) is 36.0 Å². The lowest BCUT2D eigenvalue weighted by Gasteiger charge is -2.09. The molecule has 144 valence electrons. The Kier molecular flexibility index (Phi) is 6.16. The number of thiazole rings is 1. The first-order valence-electron chi connectivity index (χ1n) is 8.54. The van der Waals surface area contributed by atoms with E-state index in [1.165, 1.54) is 18.1 Å². The summed E-state index contributed by atoms with van der Waals surface area (Å²) in [7, 11) is 0. The van der Waals surface area contributed by atoms with Gasteiger partial charge >= 0.3 is 11.9 Å². The van der Waals surface area contributed by atoms with E-state index in [2.05, 4.69) is 31.0 Å². The molecule has 0 saturated carbocycles. The van der Waals surface area contributed by atoms with E-state index < -0.39 is 11.9 Å². The van der Waals surface area contributed by atoms with Gasteiger partial charge in [0.1, 0.15) is 11.8 Å². The summed E-state index contributed by atoms with van der Waals surface area (Å²) in [5.74, 6) is -1.16. The molecule has 0 radical (unpaired) electrons. The van der Waals surface area contributed by atoms with Crippen LogP contribution in [-0.4, -0.2) is 22.0 Å². The maximum Gasteiger partial charge on any atom is 0.339 e. The molecular formula is C21H19NO4S2. The maximum absolute atomic E-state index is 11.6. The normalized spacial score (nSPS) is 11.6. The molecule has 1 N–H and O–H groups in total. The number of carboxylic acid groups (broad SMARTS) is 1. The number of benzene rings is 2. The summed E-state index contributed by atoms with van der Waals surface area (Å²) >= 11 is 3.18. The number of esters is 1. The molecule has 0 aliphatic carbocycles. The van der Waals surface area contributed by atoms with Gasteiger partial charge in [0.05, 0.1) is 10.2 Å². The van der Waals surface area contributed by atoms with Crippen molar-refractivity contribution >= 4 is 50.8 Å². The second kappa shape index (κ2) is 8.58. The van der Waals surface area contributed by atoms with Crippen molar-refractivity contribution in [3.05, 3.63) is 64.9 Å². The van der Waals surface area contributed by atoms with Crippen LogP contribution in [0.4, 0.5) is 0 Å². The third-order valence-electron chi connectivity index (χ3n) is 4.22. The molecular weight excluding hydrogens is 394 g/mol. The zero-order valence-corrected chi connectivity index (χ0v) is 17.3. The van der Waals surface area contributed by atoms with Gasteiger partial charge in [0.15, 0.2) is 4.34 Å². The van der Waals surface area contributed by atoms with Gasteiger partial charge in [-0.3, -0.25) is 4.79 Å². The Labute approximate surface area is 171 Å². The minimum Gasteiger partial charge on any atom is -0.478 e. The predicted molar refractivity (Wildman–Crippen MR) is 112 cm³/mol. The van der Waals surface area contributed by atoms with Crippen molar-refractivity contribution in [1.29, 1.82) is 0 Å². The van der Waals surface area contributed by atoms with Crippen molar-refractivity contribution in [3.8, 4) is 0 Å². The number of aromatic nitrogens is 1. The van der Waals surface area contributed by atoms with Crippen LogP contribution in [0, 0.1) is 13.8 Å². The largest absolute Gasteiger partial charge is 0.478 e. The summed E-state index contributed by atoms with van der Waals surface area (Å²) in [6.07, 6.45) is 0.997. The molecule has 0 amide bonds. The molecule has 0 aliphatic heterocycles. The molecule has 0 fully saturated rings. The average molecular weight is 414 g/mol. The minimum atomic E-state index is -1.15. The van der Waals surface area contributed by atoms with Crippen molar-refractivity contribution in [2.45, 2.75) is 30.9 Å². The van der Waals surface area contributed by atoms with E-state index in [0.717, 1.165) is 26.4 Å². The second-order valence-corrected chi connectivity index (χ2v) is 8.53.